The van der Waals surface area contributed by atoms with Gasteiger partial charge in [0, 0.05) is 25.0 Å². The monoisotopic (exact) mass is 202 g/mol. The Morgan fingerprint density at radius 3 is 2.43 bits per heavy atom. The Morgan fingerprint density at radius 1 is 1.43 bits per heavy atom. The summed E-state index contributed by atoms with van der Waals surface area (Å²) < 4.78 is 0. The predicted octanol–water partition coefficient (Wildman–Crippen LogP) is 0.813. The summed E-state index contributed by atoms with van der Waals surface area (Å²) in [5.74, 6) is -0.599. The van der Waals surface area contributed by atoms with Crippen molar-refractivity contribution in [3.8, 4) is 0 Å². The maximum Gasteiger partial charge on any atom is 0.303 e. The van der Waals surface area contributed by atoms with Crippen LogP contribution in [0.2, 0.25) is 0 Å². The van der Waals surface area contributed by atoms with Gasteiger partial charge in [0.25, 0.3) is 0 Å². The van der Waals surface area contributed by atoms with E-state index in [1.165, 1.54) is 0 Å². The number of hydrogen-bond acceptors (Lipinski definition) is 3. The third-order valence-electron chi connectivity index (χ3n) is 2.02. The lowest BCUT2D eigenvalue weighted by atomic mass is 9.99. The molecule has 4 heteroatoms. The fourth-order valence-electron chi connectivity index (χ4n) is 1.37. The van der Waals surface area contributed by atoms with Crippen LogP contribution in [0.15, 0.2) is 0 Å². The van der Waals surface area contributed by atoms with E-state index in [-0.39, 0.29) is 18.4 Å². The minimum atomic E-state index is -0.749. The van der Waals surface area contributed by atoms with E-state index in [4.69, 9.17) is 10.8 Å². The van der Waals surface area contributed by atoms with Crippen molar-refractivity contribution in [1.29, 1.82) is 0 Å². The molecule has 0 spiro atoms. The van der Waals surface area contributed by atoms with E-state index in [1.807, 2.05) is 6.92 Å². The van der Waals surface area contributed by atoms with Gasteiger partial charge in [-0.2, -0.15) is 0 Å². The summed E-state index contributed by atoms with van der Waals surface area (Å²) in [4.78, 5) is 10.4. The standard InChI is InChI=1S/C10H22N2O2/c1-7(2)12-6-9(11)4-8(3)5-10(13)14/h7-9,12H,4-6,11H2,1-3H3,(H,13,14). The Bertz CT molecular complexity index is 172. The Balaban J connectivity index is 3.59. The van der Waals surface area contributed by atoms with E-state index in [0.29, 0.717) is 6.04 Å². The molecule has 0 saturated heterocycles. The predicted molar refractivity (Wildman–Crippen MR) is 57.1 cm³/mol. The van der Waals surface area contributed by atoms with Gasteiger partial charge in [-0.3, -0.25) is 4.79 Å². The van der Waals surface area contributed by atoms with Gasteiger partial charge < -0.3 is 16.2 Å². The molecule has 0 saturated carbocycles. The molecule has 0 aromatic heterocycles. The van der Waals surface area contributed by atoms with Gasteiger partial charge in [-0.05, 0) is 12.3 Å². The third-order valence-corrected chi connectivity index (χ3v) is 2.02. The second-order valence-electron chi connectivity index (χ2n) is 4.26. The highest BCUT2D eigenvalue weighted by atomic mass is 16.4. The molecule has 0 aromatic rings. The highest BCUT2D eigenvalue weighted by Crippen LogP contribution is 2.08. The second-order valence-corrected chi connectivity index (χ2v) is 4.26. The van der Waals surface area contributed by atoms with Crippen LogP contribution in [0.3, 0.4) is 0 Å². The summed E-state index contributed by atoms with van der Waals surface area (Å²) in [6.45, 7) is 6.80. The van der Waals surface area contributed by atoms with Gasteiger partial charge in [0.15, 0.2) is 0 Å². The molecule has 4 nitrogen and oxygen atoms in total. The number of rotatable bonds is 7. The van der Waals surface area contributed by atoms with Gasteiger partial charge in [0.05, 0.1) is 0 Å². The summed E-state index contributed by atoms with van der Waals surface area (Å²) in [5, 5.41) is 11.8. The molecule has 0 aliphatic rings. The van der Waals surface area contributed by atoms with Crippen molar-refractivity contribution in [2.75, 3.05) is 6.54 Å². The van der Waals surface area contributed by atoms with Crippen LogP contribution >= 0.6 is 0 Å². The number of carboxylic acid groups (broad SMARTS) is 1. The van der Waals surface area contributed by atoms with Crippen molar-refractivity contribution in [3.63, 3.8) is 0 Å². The minimum Gasteiger partial charge on any atom is -0.481 e. The van der Waals surface area contributed by atoms with Gasteiger partial charge in [-0.15, -0.1) is 0 Å². The van der Waals surface area contributed by atoms with Gasteiger partial charge in [-0.25, -0.2) is 0 Å². The highest BCUT2D eigenvalue weighted by molar-refractivity contribution is 5.66. The third kappa shape index (κ3) is 8.01. The summed E-state index contributed by atoms with van der Waals surface area (Å²) in [7, 11) is 0. The van der Waals surface area contributed by atoms with Crippen LogP contribution in [-0.2, 0) is 4.79 Å². The average Bonchev–Trinajstić information content (AvgIpc) is 1.98. The van der Waals surface area contributed by atoms with E-state index in [0.717, 1.165) is 13.0 Å². The molecule has 14 heavy (non-hydrogen) atoms. The zero-order chi connectivity index (χ0) is 11.1. The van der Waals surface area contributed by atoms with Crippen LogP contribution in [0, 0.1) is 5.92 Å². The zero-order valence-corrected chi connectivity index (χ0v) is 9.29. The average molecular weight is 202 g/mol. The molecular weight excluding hydrogens is 180 g/mol. The molecule has 0 rings (SSSR count). The molecule has 4 N–H and O–H groups in total. The van der Waals surface area contributed by atoms with Crippen molar-refractivity contribution in [2.45, 2.75) is 45.7 Å². The minimum absolute atomic E-state index is 0.0479. The largest absolute Gasteiger partial charge is 0.481 e. The Hall–Kier alpha value is -0.610. The number of carboxylic acids is 1. The smallest absolute Gasteiger partial charge is 0.303 e. The molecular formula is C10H22N2O2. The van der Waals surface area contributed by atoms with Gasteiger partial charge >= 0.3 is 5.97 Å². The zero-order valence-electron chi connectivity index (χ0n) is 9.29. The van der Waals surface area contributed by atoms with Gasteiger partial charge in [-0.1, -0.05) is 20.8 Å². The highest BCUT2D eigenvalue weighted by Gasteiger charge is 2.12. The maximum absolute atomic E-state index is 10.4. The first kappa shape index (κ1) is 13.4. The van der Waals surface area contributed by atoms with E-state index < -0.39 is 5.97 Å². The van der Waals surface area contributed by atoms with Crippen LogP contribution in [0.1, 0.15) is 33.6 Å². The lowest BCUT2D eigenvalue weighted by Crippen LogP contribution is -2.38. The van der Waals surface area contributed by atoms with Crippen molar-refractivity contribution in [1.82, 2.24) is 5.32 Å². The van der Waals surface area contributed by atoms with Crippen LogP contribution in [0.5, 0.6) is 0 Å². The normalized spacial score (nSPS) is 15.5. The fourth-order valence-corrected chi connectivity index (χ4v) is 1.37. The van der Waals surface area contributed by atoms with Crippen LogP contribution in [0.25, 0.3) is 0 Å². The van der Waals surface area contributed by atoms with E-state index in [2.05, 4.69) is 19.2 Å². The molecule has 84 valence electrons. The van der Waals surface area contributed by atoms with Crippen LogP contribution in [-0.4, -0.2) is 29.7 Å². The molecule has 2 atom stereocenters. The summed E-state index contributed by atoms with van der Waals surface area (Å²) in [6, 6.07) is 0.475. The van der Waals surface area contributed by atoms with Crippen molar-refractivity contribution in [3.05, 3.63) is 0 Å². The topological polar surface area (TPSA) is 75.3 Å². The van der Waals surface area contributed by atoms with Crippen molar-refractivity contribution < 1.29 is 9.90 Å². The lowest BCUT2D eigenvalue weighted by molar-refractivity contribution is -0.138. The molecule has 0 radical (unpaired) electrons. The Morgan fingerprint density at radius 2 is 2.00 bits per heavy atom. The first-order valence-corrected chi connectivity index (χ1v) is 5.12. The van der Waals surface area contributed by atoms with E-state index >= 15 is 0 Å². The van der Waals surface area contributed by atoms with Gasteiger partial charge in [0.1, 0.15) is 0 Å². The molecule has 0 aliphatic carbocycles. The maximum atomic E-state index is 10.4. The molecule has 2 unspecified atom stereocenters. The summed E-state index contributed by atoms with van der Waals surface area (Å²) in [6.07, 6.45) is 0.960. The molecule has 0 aromatic carbocycles. The summed E-state index contributed by atoms with van der Waals surface area (Å²) >= 11 is 0. The molecule has 0 amide bonds. The van der Waals surface area contributed by atoms with E-state index in [9.17, 15) is 4.79 Å². The molecule has 0 aliphatic heterocycles. The molecule has 0 fully saturated rings. The second kappa shape index (κ2) is 6.79. The number of aliphatic carboxylic acids is 1. The SMILES string of the molecule is CC(CC(=O)O)CC(N)CNC(C)C. The Kier molecular flexibility index (Phi) is 6.49. The quantitative estimate of drug-likeness (QED) is 0.571. The fraction of sp³-hybridized carbons (Fsp3) is 0.900. The van der Waals surface area contributed by atoms with Crippen molar-refractivity contribution in [2.24, 2.45) is 11.7 Å². The van der Waals surface area contributed by atoms with Gasteiger partial charge in [0.2, 0.25) is 0 Å². The molecule has 0 bridgehead atoms. The number of nitrogens with two attached hydrogens (primary N) is 1. The van der Waals surface area contributed by atoms with Crippen LogP contribution < -0.4 is 11.1 Å². The van der Waals surface area contributed by atoms with Crippen molar-refractivity contribution >= 4 is 5.97 Å². The van der Waals surface area contributed by atoms with E-state index in [1.54, 1.807) is 0 Å². The Labute approximate surface area is 85.9 Å². The number of carbonyl (C=O) groups is 1. The number of hydrogen-bond donors (Lipinski definition) is 3. The first-order chi connectivity index (χ1) is 6.41. The number of nitrogens with one attached hydrogen (secondary N) is 1. The summed E-state index contributed by atoms with van der Waals surface area (Å²) in [5.41, 5.74) is 5.84. The lowest BCUT2D eigenvalue weighted by Gasteiger charge is -2.17. The first-order valence-electron chi connectivity index (χ1n) is 5.12. The molecule has 0 heterocycles. The van der Waals surface area contributed by atoms with Crippen LogP contribution in [0.4, 0.5) is 0 Å².